The average Bonchev–Trinajstić information content (AvgIpc) is 2.26. The highest BCUT2D eigenvalue weighted by molar-refractivity contribution is 7.89. The maximum absolute atomic E-state index is 11.3. The summed E-state index contributed by atoms with van der Waals surface area (Å²) < 4.78 is 22.6. The average molecular weight is 299 g/mol. The number of benzene rings is 1. The summed E-state index contributed by atoms with van der Waals surface area (Å²) in [7, 11) is -3.76. The molecule has 0 aromatic heterocycles. The minimum absolute atomic E-state index is 0.0349. The molecule has 0 saturated heterocycles. The van der Waals surface area contributed by atoms with Crippen LogP contribution in [-0.2, 0) is 10.0 Å². The van der Waals surface area contributed by atoms with Crippen LogP contribution >= 0.6 is 0 Å². The van der Waals surface area contributed by atoms with Crippen LogP contribution in [-0.4, -0.2) is 15.0 Å². The van der Waals surface area contributed by atoms with Gasteiger partial charge in [-0.25, -0.2) is 13.6 Å². The summed E-state index contributed by atoms with van der Waals surface area (Å²) in [5.74, 6) is 1.68. The number of primary sulfonamides is 1. The summed E-state index contributed by atoms with van der Waals surface area (Å²) in [6.07, 6.45) is 0. The van der Waals surface area contributed by atoms with Gasteiger partial charge in [0.25, 0.3) is 0 Å². The van der Waals surface area contributed by atoms with E-state index in [1.807, 2.05) is 0 Å². The lowest BCUT2D eigenvalue weighted by molar-refractivity contribution is 0.304. The minimum Gasteiger partial charge on any atom is -0.398 e. The smallest absolute Gasteiger partial charge is 0.240 e. The highest BCUT2D eigenvalue weighted by atomic mass is 32.2. The number of nitrogens with two attached hydrogens (primary N) is 2. The lowest BCUT2D eigenvalue weighted by atomic mass is 9.85. The fourth-order valence-electron chi connectivity index (χ4n) is 2.39. The predicted molar refractivity (Wildman–Crippen MR) is 83.9 cm³/mol. The van der Waals surface area contributed by atoms with Crippen molar-refractivity contribution < 1.29 is 8.42 Å². The zero-order valence-electron chi connectivity index (χ0n) is 12.6. The number of rotatable bonds is 6. The largest absolute Gasteiger partial charge is 0.398 e. The molecule has 0 heterocycles. The van der Waals surface area contributed by atoms with Crippen molar-refractivity contribution in [2.75, 3.05) is 17.6 Å². The maximum Gasteiger partial charge on any atom is 0.240 e. The second-order valence-electron chi connectivity index (χ2n) is 5.83. The van der Waals surface area contributed by atoms with Crippen LogP contribution in [0.4, 0.5) is 11.4 Å². The highest BCUT2D eigenvalue weighted by Crippen LogP contribution is 2.24. The number of nitrogen functional groups attached to an aromatic ring is 1. The normalized spacial score (nSPS) is 12.4. The van der Waals surface area contributed by atoms with E-state index in [2.05, 4.69) is 33.0 Å². The number of hydrogen-bond donors (Lipinski definition) is 3. The molecule has 5 N–H and O–H groups in total. The van der Waals surface area contributed by atoms with Gasteiger partial charge in [0, 0.05) is 12.2 Å². The van der Waals surface area contributed by atoms with E-state index < -0.39 is 10.0 Å². The fraction of sp³-hybridized carbons (Fsp3) is 0.571. The first-order valence-electron chi connectivity index (χ1n) is 6.79. The van der Waals surface area contributed by atoms with Gasteiger partial charge in [-0.1, -0.05) is 27.7 Å². The topological polar surface area (TPSA) is 98.2 Å². The molecule has 0 aliphatic rings. The van der Waals surface area contributed by atoms with Crippen LogP contribution in [0.1, 0.15) is 27.7 Å². The Morgan fingerprint density at radius 2 is 1.70 bits per heavy atom. The molecule has 0 bridgehead atoms. The Morgan fingerprint density at radius 3 is 2.10 bits per heavy atom. The molecular weight excluding hydrogens is 274 g/mol. The van der Waals surface area contributed by atoms with Crippen LogP contribution in [0.25, 0.3) is 0 Å². The van der Waals surface area contributed by atoms with E-state index in [4.69, 9.17) is 10.9 Å². The van der Waals surface area contributed by atoms with Crippen LogP contribution in [0.5, 0.6) is 0 Å². The fourth-order valence-corrected chi connectivity index (χ4v) is 3.04. The molecule has 0 unspecified atom stereocenters. The Kier molecular flexibility index (Phi) is 5.42. The van der Waals surface area contributed by atoms with Crippen molar-refractivity contribution >= 4 is 21.4 Å². The van der Waals surface area contributed by atoms with E-state index in [0.29, 0.717) is 17.8 Å². The van der Waals surface area contributed by atoms with Crippen molar-refractivity contribution in [2.45, 2.75) is 32.6 Å². The molecule has 0 spiro atoms. The second kappa shape index (κ2) is 6.45. The van der Waals surface area contributed by atoms with E-state index in [-0.39, 0.29) is 10.6 Å². The molecule has 1 rings (SSSR count). The van der Waals surface area contributed by atoms with E-state index >= 15 is 0 Å². The molecule has 1 aromatic rings. The standard InChI is InChI=1S/C14H25N3O2S/c1-9(2)12(10(3)4)8-17-11-5-6-14(13(15)7-11)20(16,18)19/h5-7,9-10,12,17H,8,15H2,1-4H3,(H2,16,18,19). The molecule has 6 heteroatoms. The molecular formula is C14H25N3O2S. The van der Waals surface area contributed by atoms with Gasteiger partial charge < -0.3 is 11.1 Å². The zero-order valence-corrected chi connectivity index (χ0v) is 13.4. The molecule has 0 amide bonds. The van der Waals surface area contributed by atoms with Gasteiger partial charge in [0.1, 0.15) is 4.90 Å². The van der Waals surface area contributed by atoms with Crippen molar-refractivity contribution in [3.05, 3.63) is 18.2 Å². The van der Waals surface area contributed by atoms with Crippen molar-refractivity contribution in [1.82, 2.24) is 0 Å². The van der Waals surface area contributed by atoms with E-state index in [0.717, 1.165) is 12.2 Å². The first-order valence-corrected chi connectivity index (χ1v) is 8.33. The molecule has 20 heavy (non-hydrogen) atoms. The van der Waals surface area contributed by atoms with E-state index in [1.54, 1.807) is 12.1 Å². The second-order valence-corrected chi connectivity index (χ2v) is 7.36. The molecule has 114 valence electrons. The summed E-state index contributed by atoms with van der Waals surface area (Å²) in [6.45, 7) is 9.62. The van der Waals surface area contributed by atoms with Crippen molar-refractivity contribution in [1.29, 1.82) is 0 Å². The minimum atomic E-state index is -3.76. The van der Waals surface area contributed by atoms with Gasteiger partial charge >= 0.3 is 0 Å². The molecule has 0 fully saturated rings. The molecule has 0 aliphatic carbocycles. The molecule has 0 aliphatic heterocycles. The van der Waals surface area contributed by atoms with Crippen LogP contribution in [0.3, 0.4) is 0 Å². The number of sulfonamides is 1. The Balaban J connectivity index is 2.83. The third kappa shape index (κ3) is 4.38. The van der Waals surface area contributed by atoms with Gasteiger partial charge in [-0.15, -0.1) is 0 Å². The van der Waals surface area contributed by atoms with Gasteiger partial charge in [0.15, 0.2) is 0 Å². The quantitative estimate of drug-likeness (QED) is 0.702. The van der Waals surface area contributed by atoms with Crippen molar-refractivity contribution in [3.63, 3.8) is 0 Å². The van der Waals surface area contributed by atoms with Crippen LogP contribution < -0.4 is 16.2 Å². The summed E-state index contributed by atoms with van der Waals surface area (Å²) in [4.78, 5) is -0.0349. The molecule has 1 aromatic carbocycles. The van der Waals surface area contributed by atoms with Crippen molar-refractivity contribution in [3.8, 4) is 0 Å². The van der Waals surface area contributed by atoms with Crippen LogP contribution in [0.15, 0.2) is 23.1 Å². The van der Waals surface area contributed by atoms with E-state index in [9.17, 15) is 8.42 Å². The maximum atomic E-state index is 11.3. The Hall–Kier alpha value is -1.27. The SMILES string of the molecule is CC(C)C(CNc1ccc(S(N)(=O)=O)c(N)c1)C(C)C. The monoisotopic (exact) mass is 299 g/mol. The number of anilines is 2. The zero-order chi connectivity index (χ0) is 15.5. The third-order valence-corrected chi connectivity index (χ3v) is 4.56. The highest BCUT2D eigenvalue weighted by Gasteiger charge is 2.17. The Morgan fingerprint density at radius 1 is 1.15 bits per heavy atom. The first kappa shape index (κ1) is 16.8. The lowest BCUT2D eigenvalue weighted by Crippen LogP contribution is -2.24. The van der Waals surface area contributed by atoms with Gasteiger partial charge in [0.05, 0.1) is 5.69 Å². The summed E-state index contributed by atoms with van der Waals surface area (Å²) in [6, 6.07) is 4.73. The number of hydrogen-bond acceptors (Lipinski definition) is 4. The Labute approximate surface area is 121 Å². The van der Waals surface area contributed by atoms with Crippen LogP contribution in [0, 0.1) is 17.8 Å². The number of nitrogens with one attached hydrogen (secondary N) is 1. The summed E-state index contributed by atoms with van der Waals surface area (Å²) >= 11 is 0. The van der Waals surface area contributed by atoms with Gasteiger partial charge in [-0.05, 0) is 36.0 Å². The first-order chi connectivity index (χ1) is 9.12. The van der Waals surface area contributed by atoms with E-state index in [1.165, 1.54) is 6.07 Å². The van der Waals surface area contributed by atoms with Crippen molar-refractivity contribution in [2.24, 2.45) is 22.9 Å². The van der Waals surface area contributed by atoms with Gasteiger partial charge in [-0.3, -0.25) is 0 Å². The Bertz CT molecular complexity index is 546. The molecule has 0 radical (unpaired) electrons. The van der Waals surface area contributed by atoms with Gasteiger partial charge in [0.2, 0.25) is 10.0 Å². The molecule has 0 atom stereocenters. The molecule has 5 nitrogen and oxygen atoms in total. The lowest BCUT2D eigenvalue weighted by Gasteiger charge is -2.25. The summed E-state index contributed by atoms with van der Waals surface area (Å²) in [5, 5.41) is 8.39. The van der Waals surface area contributed by atoms with Gasteiger partial charge in [-0.2, -0.15) is 0 Å². The predicted octanol–water partition coefficient (Wildman–Crippen LogP) is 2.26. The summed E-state index contributed by atoms with van der Waals surface area (Å²) in [5.41, 5.74) is 6.71. The van der Waals surface area contributed by atoms with Crippen LogP contribution in [0.2, 0.25) is 0 Å². The third-order valence-electron chi connectivity index (χ3n) is 3.57. The molecule has 0 saturated carbocycles.